The highest BCUT2D eigenvalue weighted by molar-refractivity contribution is 5.76. The van der Waals surface area contributed by atoms with Gasteiger partial charge in [-0.05, 0) is 32.1 Å². The predicted octanol–water partition coefficient (Wildman–Crippen LogP) is 2.04. The maximum atomic E-state index is 11.5. The first kappa shape index (κ1) is 9.56. The SMILES string of the molecule is CCCC(=O)N(CC)CC1CC1. The van der Waals surface area contributed by atoms with E-state index < -0.39 is 0 Å². The Labute approximate surface area is 74.9 Å². The van der Waals surface area contributed by atoms with Crippen LogP contribution in [0.3, 0.4) is 0 Å². The summed E-state index contributed by atoms with van der Waals surface area (Å²) >= 11 is 0. The van der Waals surface area contributed by atoms with Crippen LogP contribution < -0.4 is 0 Å². The van der Waals surface area contributed by atoms with Gasteiger partial charge in [-0.1, -0.05) is 6.92 Å². The first-order valence-corrected chi connectivity index (χ1v) is 5.05. The lowest BCUT2D eigenvalue weighted by atomic mass is 10.2. The highest BCUT2D eigenvalue weighted by atomic mass is 16.2. The second kappa shape index (κ2) is 4.48. The lowest BCUT2D eigenvalue weighted by molar-refractivity contribution is -0.131. The van der Waals surface area contributed by atoms with Gasteiger partial charge in [0.2, 0.25) is 5.91 Å². The summed E-state index contributed by atoms with van der Waals surface area (Å²) in [5.41, 5.74) is 0. The van der Waals surface area contributed by atoms with Gasteiger partial charge in [0.25, 0.3) is 0 Å². The summed E-state index contributed by atoms with van der Waals surface area (Å²) in [6.45, 7) is 6.02. The number of hydrogen-bond donors (Lipinski definition) is 0. The Balaban J connectivity index is 2.26. The number of nitrogens with zero attached hydrogens (tertiary/aromatic N) is 1. The van der Waals surface area contributed by atoms with Gasteiger partial charge in [0.15, 0.2) is 0 Å². The Bertz CT molecular complexity index is 152. The third kappa shape index (κ3) is 2.84. The molecule has 0 spiro atoms. The molecule has 0 aromatic rings. The van der Waals surface area contributed by atoms with Crippen LogP contribution in [0.1, 0.15) is 39.5 Å². The van der Waals surface area contributed by atoms with E-state index in [1.54, 1.807) is 0 Å². The van der Waals surface area contributed by atoms with Crippen molar-refractivity contribution in [3.05, 3.63) is 0 Å². The molecule has 0 unspecified atom stereocenters. The maximum Gasteiger partial charge on any atom is 0.222 e. The standard InChI is InChI=1S/C10H19NO/c1-3-5-10(12)11(4-2)8-9-6-7-9/h9H,3-8H2,1-2H3. The molecule has 0 aliphatic heterocycles. The highest BCUT2D eigenvalue weighted by Crippen LogP contribution is 2.29. The third-order valence-corrected chi connectivity index (χ3v) is 2.37. The molecule has 0 aromatic heterocycles. The predicted molar refractivity (Wildman–Crippen MR) is 49.9 cm³/mol. The van der Waals surface area contributed by atoms with Gasteiger partial charge in [-0.15, -0.1) is 0 Å². The number of amides is 1. The molecule has 1 fully saturated rings. The number of rotatable bonds is 5. The normalized spacial score (nSPS) is 16.2. The Morgan fingerprint density at radius 2 is 2.08 bits per heavy atom. The molecule has 0 saturated heterocycles. The second-order valence-electron chi connectivity index (χ2n) is 3.63. The van der Waals surface area contributed by atoms with E-state index in [2.05, 4.69) is 13.8 Å². The molecular weight excluding hydrogens is 150 g/mol. The van der Waals surface area contributed by atoms with Crippen LogP contribution in [0.25, 0.3) is 0 Å². The van der Waals surface area contributed by atoms with Crippen LogP contribution in [0, 0.1) is 5.92 Å². The van der Waals surface area contributed by atoms with E-state index in [4.69, 9.17) is 0 Å². The second-order valence-corrected chi connectivity index (χ2v) is 3.63. The van der Waals surface area contributed by atoms with Gasteiger partial charge in [0.1, 0.15) is 0 Å². The lowest BCUT2D eigenvalue weighted by Crippen LogP contribution is -2.32. The summed E-state index contributed by atoms with van der Waals surface area (Å²) in [5, 5.41) is 0. The van der Waals surface area contributed by atoms with Gasteiger partial charge < -0.3 is 4.90 Å². The van der Waals surface area contributed by atoms with Crippen LogP contribution in [-0.2, 0) is 4.79 Å². The molecule has 2 heteroatoms. The van der Waals surface area contributed by atoms with Gasteiger partial charge in [-0.25, -0.2) is 0 Å². The van der Waals surface area contributed by atoms with Crippen LogP contribution >= 0.6 is 0 Å². The average Bonchev–Trinajstić information content (AvgIpc) is 2.84. The minimum atomic E-state index is 0.340. The highest BCUT2D eigenvalue weighted by Gasteiger charge is 2.25. The molecular formula is C10H19NO. The molecule has 12 heavy (non-hydrogen) atoms. The van der Waals surface area contributed by atoms with Crippen molar-refractivity contribution in [2.75, 3.05) is 13.1 Å². The number of hydrogen-bond acceptors (Lipinski definition) is 1. The zero-order valence-corrected chi connectivity index (χ0v) is 8.18. The summed E-state index contributed by atoms with van der Waals surface area (Å²) < 4.78 is 0. The number of carbonyl (C=O) groups excluding carboxylic acids is 1. The molecule has 1 aliphatic rings. The first-order valence-electron chi connectivity index (χ1n) is 5.05. The van der Waals surface area contributed by atoms with E-state index in [9.17, 15) is 4.79 Å². The zero-order valence-electron chi connectivity index (χ0n) is 8.18. The fraction of sp³-hybridized carbons (Fsp3) is 0.900. The summed E-state index contributed by atoms with van der Waals surface area (Å²) in [5.74, 6) is 1.16. The molecule has 1 saturated carbocycles. The van der Waals surface area contributed by atoms with Crippen molar-refractivity contribution < 1.29 is 4.79 Å². The van der Waals surface area contributed by atoms with Crippen LogP contribution in [-0.4, -0.2) is 23.9 Å². The molecule has 0 radical (unpaired) electrons. The monoisotopic (exact) mass is 169 g/mol. The summed E-state index contributed by atoms with van der Waals surface area (Å²) in [7, 11) is 0. The van der Waals surface area contributed by atoms with Gasteiger partial charge >= 0.3 is 0 Å². The van der Waals surface area contributed by atoms with E-state index in [1.807, 2.05) is 4.90 Å². The van der Waals surface area contributed by atoms with Crippen LogP contribution in [0.4, 0.5) is 0 Å². The smallest absolute Gasteiger partial charge is 0.222 e. The fourth-order valence-corrected chi connectivity index (χ4v) is 1.39. The lowest BCUT2D eigenvalue weighted by Gasteiger charge is -2.20. The molecule has 1 amide bonds. The fourth-order valence-electron chi connectivity index (χ4n) is 1.39. The Hall–Kier alpha value is -0.530. The van der Waals surface area contributed by atoms with Crippen molar-refractivity contribution >= 4 is 5.91 Å². The van der Waals surface area contributed by atoms with Gasteiger partial charge in [0.05, 0.1) is 0 Å². The molecule has 0 bridgehead atoms. The van der Waals surface area contributed by atoms with Gasteiger partial charge in [-0.2, -0.15) is 0 Å². The summed E-state index contributed by atoms with van der Waals surface area (Å²) in [6.07, 6.45) is 4.35. The zero-order chi connectivity index (χ0) is 8.97. The summed E-state index contributed by atoms with van der Waals surface area (Å²) in [6, 6.07) is 0. The molecule has 0 heterocycles. The van der Waals surface area contributed by atoms with Crippen molar-refractivity contribution in [1.29, 1.82) is 0 Å². The number of carbonyl (C=O) groups is 1. The van der Waals surface area contributed by atoms with Crippen LogP contribution in [0.2, 0.25) is 0 Å². The van der Waals surface area contributed by atoms with Crippen LogP contribution in [0.5, 0.6) is 0 Å². The molecule has 0 N–H and O–H groups in total. The van der Waals surface area contributed by atoms with E-state index >= 15 is 0 Å². The van der Waals surface area contributed by atoms with Crippen LogP contribution in [0.15, 0.2) is 0 Å². The van der Waals surface area contributed by atoms with Gasteiger partial charge in [0, 0.05) is 19.5 Å². The summed E-state index contributed by atoms with van der Waals surface area (Å²) in [4.78, 5) is 13.5. The Morgan fingerprint density at radius 3 is 2.50 bits per heavy atom. The molecule has 0 aromatic carbocycles. The van der Waals surface area contributed by atoms with Crippen molar-refractivity contribution in [1.82, 2.24) is 4.90 Å². The van der Waals surface area contributed by atoms with Crippen molar-refractivity contribution in [3.8, 4) is 0 Å². The quantitative estimate of drug-likeness (QED) is 0.616. The minimum absolute atomic E-state index is 0.340. The molecule has 1 aliphatic carbocycles. The first-order chi connectivity index (χ1) is 5.77. The third-order valence-electron chi connectivity index (χ3n) is 2.37. The molecule has 2 nitrogen and oxygen atoms in total. The largest absolute Gasteiger partial charge is 0.343 e. The topological polar surface area (TPSA) is 20.3 Å². The van der Waals surface area contributed by atoms with Crippen molar-refractivity contribution in [2.45, 2.75) is 39.5 Å². The van der Waals surface area contributed by atoms with Gasteiger partial charge in [-0.3, -0.25) is 4.79 Å². The molecule has 1 rings (SSSR count). The minimum Gasteiger partial charge on any atom is -0.343 e. The van der Waals surface area contributed by atoms with E-state index in [1.165, 1.54) is 12.8 Å². The Kier molecular flexibility index (Phi) is 3.57. The Morgan fingerprint density at radius 1 is 1.42 bits per heavy atom. The van der Waals surface area contributed by atoms with Crippen molar-refractivity contribution in [2.24, 2.45) is 5.92 Å². The van der Waals surface area contributed by atoms with E-state index in [0.717, 1.165) is 31.8 Å². The maximum absolute atomic E-state index is 11.5. The van der Waals surface area contributed by atoms with Crippen molar-refractivity contribution in [3.63, 3.8) is 0 Å². The average molecular weight is 169 g/mol. The van der Waals surface area contributed by atoms with E-state index in [0.29, 0.717) is 5.91 Å². The molecule has 0 atom stereocenters. The molecule has 70 valence electrons. The van der Waals surface area contributed by atoms with E-state index in [-0.39, 0.29) is 0 Å².